The monoisotopic (exact) mass is 442 g/mol. The molecule has 0 saturated heterocycles. The first-order valence-electron chi connectivity index (χ1n) is 10.6. The molecule has 0 saturated carbocycles. The van der Waals surface area contributed by atoms with E-state index in [-0.39, 0.29) is 11.3 Å². The van der Waals surface area contributed by atoms with Crippen LogP contribution in [-0.2, 0) is 16.0 Å². The van der Waals surface area contributed by atoms with Crippen LogP contribution >= 0.6 is 0 Å². The van der Waals surface area contributed by atoms with Crippen LogP contribution in [0.15, 0.2) is 78.9 Å². The van der Waals surface area contributed by atoms with Crippen molar-refractivity contribution in [1.29, 1.82) is 0 Å². The third-order valence-electron chi connectivity index (χ3n) is 5.28. The molecule has 0 unspecified atom stereocenters. The number of esters is 1. The van der Waals surface area contributed by atoms with E-state index < -0.39 is 30.3 Å². The van der Waals surface area contributed by atoms with E-state index in [2.05, 4.69) is 5.32 Å². The summed E-state index contributed by atoms with van der Waals surface area (Å²) in [6.07, 6.45) is 1.61. The van der Waals surface area contributed by atoms with Gasteiger partial charge in [0.15, 0.2) is 6.61 Å². The van der Waals surface area contributed by atoms with Crippen molar-refractivity contribution in [3.8, 4) is 0 Å². The smallest absolute Gasteiger partial charge is 0.338 e. The predicted molar refractivity (Wildman–Crippen MR) is 122 cm³/mol. The number of hydrogen-bond donors (Lipinski definition) is 1. The minimum Gasteiger partial charge on any atom is -0.452 e. The zero-order valence-corrected chi connectivity index (χ0v) is 17.8. The molecule has 0 spiro atoms. The van der Waals surface area contributed by atoms with Crippen LogP contribution in [0.3, 0.4) is 0 Å². The molecule has 33 heavy (non-hydrogen) atoms. The van der Waals surface area contributed by atoms with Crippen LogP contribution < -0.4 is 10.2 Å². The van der Waals surface area contributed by atoms with Gasteiger partial charge >= 0.3 is 5.97 Å². The Morgan fingerprint density at radius 2 is 1.48 bits per heavy atom. The topological polar surface area (TPSA) is 92.8 Å². The molecular weight excluding hydrogens is 420 g/mol. The summed E-state index contributed by atoms with van der Waals surface area (Å²) in [5, 5.41) is 2.72. The zero-order chi connectivity index (χ0) is 23.2. The lowest BCUT2D eigenvalue weighted by atomic mass is 10.1. The second kappa shape index (κ2) is 9.91. The van der Waals surface area contributed by atoms with Gasteiger partial charge in [-0.3, -0.25) is 14.4 Å². The number of anilines is 1. The number of nitrogens with one attached hydrogen (secondary N) is 1. The molecule has 0 aliphatic carbocycles. The predicted octanol–water partition coefficient (Wildman–Crippen LogP) is 3.39. The fourth-order valence-electron chi connectivity index (χ4n) is 3.63. The highest BCUT2D eigenvalue weighted by Crippen LogP contribution is 2.28. The van der Waals surface area contributed by atoms with Gasteiger partial charge in [-0.1, -0.05) is 48.5 Å². The van der Waals surface area contributed by atoms with Gasteiger partial charge < -0.3 is 10.1 Å². The number of amides is 3. The Kier molecular flexibility index (Phi) is 6.59. The minimum absolute atomic E-state index is 0.140. The van der Waals surface area contributed by atoms with Crippen molar-refractivity contribution in [3.05, 3.63) is 101 Å². The number of nitrogens with zero attached hydrogens (tertiary/aromatic N) is 1. The number of imide groups is 1. The number of carbonyl (C=O) groups excluding carboxylic acids is 4. The van der Waals surface area contributed by atoms with E-state index in [1.807, 2.05) is 30.3 Å². The summed E-state index contributed by atoms with van der Waals surface area (Å²) in [5.74, 6) is -2.01. The maximum Gasteiger partial charge on any atom is 0.338 e. The number of benzene rings is 3. The Labute approximate surface area is 191 Å². The second-order valence-corrected chi connectivity index (χ2v) is 7.56. The van der Waals surface area contributed by atoms with Crippen LogP contribution in [0.25, 0.3) is 0 Å². The standard InChI is InChI=1S/C26H22N2O5/c29-23(27-15-7-10-18-8-2-1-3-9-18)17-33-26(32)19-11-6-12-20(16-19)28-24(30)21-13-4-5-14-22(21)25(28)31/h1-6,8-9,11-14,16H,7,10,15,17H2,(H,27,29). The van der Waals surface area contributed by atoms with Gasteiger partial charge in [-0.25, -0.2) is 9.69 Å². The van der Waals surface area contributed by atoms with Crippen molar-refractivity contribution in [2.75, 3.05) is 18.1 Å². The third kappa shape index (κ3) is 4.98. The van der Waals surface area contributed by atoms with Gasteiger partial charge in [0.2, 0.25) is 0 Å². The van der Waals surface area contributed by atoms with Gasteiger partial charge in [-0.15, -0.1) is 0 Å². The molecule has 1 N–H and O–H groups in total. The Hall–Kier alpha value is -4.26. The van der Waals surface area contributed by atoms with Gasteiger partial charge in [-0.05, 0) is 48.7 Å². The number of ether oxygens (including phenoxy) is 1. The highest BCUT2D eigenvalue weighted by Gasteiger charge is 2.36. The summed E-state index contributed by atoms with van der Waals surface area (Å²) < 4.78 is 5.10. The maximum atomic E-state index is 12.7. The summed E-state index contributed by atoms with van der Waals surface area (Å²) in [5.41, 5.74) is 2.23. The third-order valence-corrected chi connectivity index (χ3v) is 5.28. The molecule has 1 aliphatic rings. The van der Waals surface area contributed by atoms with Crippen molar-refractivity contribution in [2.45, 2.75) is 12.8 Å². The zero-order valence-electron chi connectivity index (χ0n) is 17.8. The lowest BCUT2D eigenvalue weighted by molar-refractivity contribution is -0.124. The first kappa shape index (κ1) is 22.0. The molecule has 3 aromatic carbocycles. The lowest BCUT2D eigenvalue weighted by Crippen LogP contribution is -2.30. The number of aryl methyl sites for hydroxylation is 1. The van der Waals surface area contributed by atoms with Crippen LogP contribution in [0.4, 0.5) is 5.69 Å². The van der Waals surface area contributed by atoms with Gasteiger partial charge in [0.25, 0.3) is 17.7 Å². The summed E-state index contributed by atoms with van der Waals surface area (Å²) in [6.45, 7) is 0.0575. The van der Waals surface area contributed by atoms with Gasteiger partial charge in [0, 0.05) is 6.54 Å². The van der Waals surface area contributed by atoms with Crippen molar-refractivity contribution < 1.29 is 23.9 Å². The Morgan fingerprint density at radius 1 is 0.818 bits per heavy atom. The largest absolute Gasteiger partial charge is 0.452 e. The second-order valence-electron chi connectivity index (χ2n) is 7.56. The molecule has 0 bridgehead atoms. The molecule has 0 aromatic heterocycles. The van der Waals surface area contributed by atoms with Crippen molar-refractivity contribution in [3.63, 3.8) is 0 Å². The molecule has 4 rings (SSSR count). The molecule has 3 aromatic rings. The number of carbonyl (C=O) groups is 4. The highest BCUT2D eigenvalue weighted by molar-refractivity contribution is 6.34. The molecule has 0 radical (unpaired) electrons. The van der Waals surface area contributed by atoms with E-state index in [0.29, 0.717) is 17.7 Å². The Bertz CT molecular complexity index is 1170. The average molecular weight is 442 g/mol. The SMILES string of the molecule is O=C(COC(=O)c1cccc(N2C(=O)c3ccccc3C2=O)c1)NCCCc1ccccc1. The van der Waals surface area contributed by atoms with Crippen LogP contribution in [0.2, 0.25) is 0 Å². The summed E-state index contributed by atoms with van der Waals surface area (Å²) in [6, 6.07) is 22.5. The quantitative estimate of drug-likeness (QED) is 0.328. The summed E-state index contributed by atoms with van der Waals surface area (Å²) in [7, 11) is 0. The molecule has 0 atom stereocenters. The van der Waals surface area contributed by atoms with Crippen LogP contribution in [0, 0.1) is 0 Å². The van der Waals surface area contributed by atoms with E-state index in [1.165, 1.54) is 17.7 Å². The van der Waals surface area contributed by atoms with Crippen molar-refractivity contribution >= 4 is 29.4 Å². The molecule has 1 heterocycles. The molecule has 7 heteroatoms. The fourth-order valence-corrected chi connectivity index (χ4v) is 3.63. The van der Waals surface area contributed by atoms with E-state index >= 15 is 0 Å². The molecule has 0 fully saturated rings. The van der Waals surface area contributed by atoms with Crippen molar-refractivity contribution in [2.24, 2.45) is 0 Å². The van der Waals surface area contributed by atoms with Gasteiger partial charge in [0.1, 0.15) is 0 Å². The van der Waals surface area contributed by atoms with Gasteiger partial charge in [-0.2, -0.15) is 0 Å². The van der Waals surface area contributed by atoms with Crippen molar-refractivity contribution in [1.82, 2.24) is 5.32 Å². The molecule has 3 amide bonds. The number of hydrogen-bond acceptors (Lipinski definition) is 5. The van der Waals surface area contributed by atoms with E-state index in [9.17, 15) is 19.2 Å². The molecule has 7 nitrogen and oxygen atoms in total. The van der Waals surface area contributed by atoms with E-state index in [1.54, 1.807) is 36.4 Å². The van der Waals surface area contributed by atoms with Crippen LogP contribution in [-0.4, -0.2) is 36.8 Å². The molecule has 166 valence electrons. The average Bonchev–Trinajstić information content (AvgIpc) is 3.11. The summed E-state index contributed by atoms with van der Waals surface area (Å²) >= 11 is 0. The lowest BCUT2D eigenvalue weighted by Gasteiger charge is -2.14. The van der Waals surface area contributed by atoms with E-state index in [4.69, 9.17) is 4.74 Å². The maximum absolute atomic E-state index is 12.7. The minimum atomic E-state index is -0.715. The number of fused-ring (bicyclic) bond motifs is 1. The normalized spacial score (nSPS) is 12.4. The van der Waals surface area contributed by atoms with E-state index in [0.717, 1.165) is 17.7 Å². The first-order chi connectivity index (χ1) is 16.0. The highest BCUT2D eigenvalue weighted by atomic mass is 16.5. The Morgan fingerprint density at radius 3 is 2.18 bits per heavy atom. The Balaban J connectivity index is 1.30. The fraction of sp³-hybridized carbons (Fsp3) is 0.154. The summed E-state index contributed by atoms with van der Waals surface area (Å²) in [4.78, 5) is 50.8. The van der Waals surface area contributed by atoms with Crippen LogP contribution in [0.5, 0.6) is 0 Å². The molecule has 1 aliphatic heterocycles. The van der Waals surface area contributed by atoms with Gasteiger partial charge in [0.05, 0.1) is 22.4 Å². The molecular formula is C26H22N2O5. The van der Waals surface area contributed by atoms with Crippen LogP contribution in [0.1, 0.15) is 43.1 Å². The number of rotatable bonds is 8. The first-order valence-corrected chi connectivity index (χ1v) is 10.6.